The predicted octanol–water partition coefficient (Wildman–Crippen LogP) is 3.13. The summed E-state index contributed by atoms with van der Waals surface area (Å²) in [5.41, 5.74) is 3.24. The third-order valence-corrected chi connectivity index (χ3v) is 4.50. The lowest BCUT2D eigenvalue weighted by Gasteiger charge is -2.18. The van der Waals surface area contributed by atoms with Gasteiger partial charge in [-0.05, 0) is 30.3 Å². The molecule has 2 N–H and O–H groups in total. The maximum atomic E-state index is 11.5. The number of nitrogens with zero attached hydrogens (tertiary/aromatic N) is 3. The van der Waals surface area contributed by atoms with Crippen LogP contribution < -0.4 is 5.32 Å². The Kier molecular flexibility index (Phi) is 3.72. The number of benzene rings is 1. The summed E-state index contributed by atoms with van der Waals surface area (Å²) in [7, 11) is 0. The van der Waals surface area contributed by atoms with Crippen LogP contribution in [0.2, 0.25) is 0 Å². The molecular weight excluding hydrogens is 332 g/mol. The second kappa shape index (κ2) is 5.94. The highest BCUT2D eigenvalue weighted by Crippen LogP contribution is 2.28. The van der Waals surface area contributed by atoms with Crippen LogP contribution in [-0.4, -0.2) is 31.5 Å². The molecule has 26 heavy (non-hydrogen) atoms. The van der Waals surface area contributed by atoms with Crippen LogP contribution in [0.4, 0.5) is 5.69 Å². The van der Waals surface area contributed by atoms with Gasteiger partial charge in [0.1, 0.15) is 11.6 Å². The van der Waals surface area contributed by atoms with E-state index in [0.29, 0.717) is 24.2 Å². The Morgan fingerprint density at radius 2 is 2.00 bits per heavy atom. The smallest absolute Gasteiger partial charge is 0.335 e. The Morgan fingerprint density at radius 1 is 1.19 bits per heavy atom. The Hall–Kier alpha value is -3.22. The molecule has 0 saturated heterocycles. The maximum absolute atomic E-state index is 11.5. The lowest BCUT2D eigenvalue weighted by Crippen LogP contribution is -2.20. The quantitative estimate of drug-likeness (QED) is 0.756. The van der Waals surface area contributed by atoms with E-state index in [9.17, 15) is 14.7 Å². The molecule has 1 aliphatic rings. The third-order valence-electron chi connectivity index (χ3n) is 4.50. The molecule has 0 atom stereocenters. The number of anilines is 1. The number of carboxylic acids is 1. The van der Waals surface area contributed by atoms with E-state index in [4.69, 9.17) is 4.98 Å². The number of nitrogens with one attached hydrogen (secondary N) is 1. The molecule has 3 aromatic rings. The number of amides is 1. The number of carbonyl (C=O) groups is 2. The van der Waals surface area contributed by atoms with Gasteiger partial charge in [0, 0.05) is 18.8 Å². The summed E-state index contributed by atoms with van der Waals surface area (Å²) < 4.78 is 1.96. The second-order valence-corrected chi connectivity index (χ2v) is 6.68. The van der Waals surface area contributed by atoms with Crippen molar-refractivity contribution in [3.05, 3.63) is 47.4 Å². The number of carbonyl (C=O) groups excluding carboxylic acids is 1. The highest BCUT2D eigenvalue weighted by molar-refractivity contribution is 5.94. The fourth-order valence-corrected chi connectivity index (χ4v) is 3.22. The number of rotatable bonds is 3. The Balaban J connectivity index is 1.91. The van der Waals surface area contributed by atoms with Crippen molar-refractivity contribution in [3.8, 4) is 5.82 Å². The summed E-state index contributed by atoms with van der Waals surface area (Å²) in [5.74, 6) is 0.691. The number of aromatic nitrogens is 3. The number of imidazole rings is 1. The molecule has 132 valence electrons. The molecule has 0 aliphatic carbocycles. The minimum Gasteiger partial charge on any atom is -0.478 e. The third kappa shape index (κ3) is 2.61. The molecule has 0 unspecified atom stereocenters. The van der Waals surface area contributed by atoms with E-state index in [1.165, 1.54) is 0 Å². The van der Waals surface area contributed by atoms with Crippen LogP contribution in [0.25, 0.3) is 16.9 Å². The first kappa shape index (κ1) is 16.3. The average Bonchev–Trinajstić information content (AvgIpc) is 3.00. The van der Waals surface area contributed by atoms with Gasteiger partial charge in [-0.25, -0.2) is 14.8 Å². The van der Waals surface area contributed by atoms with Crippen molar-refractivity contribution in [2.24, 2.45) is 0 Å². The van der Waals surface area contributed by atoms with Gasteiger partial charge in [-0.3, -0.25) is 9.36 Å². The first-order valence-corrected chi connectivity index (χ1v) is 8.50. The van der Waals surface area contributed by atoms with Gasteiger partial charge in [0.15, 0.2) is 0 Å². The number of hydrogen-bond acceptors (Lipinski definition) is 4. The van der Waals surface area contributed by atoms with Crippen molar-refractivity contribution >= 4 is 28.6 Å². The average molecular weight is 350 g/mol. The standard InChI is InChI=1S/C19H18N4O3/c1-10(2)18-22-14-9-11(19(25)26)3-6-15(14)23(18)16-7-4-13-12(20-16)5-8-17(24)21-13/h3-4,6-7,9-10H,5,8H2,1-2H3,(H,21,24)(H,25,26). The number of aryl methyl sites for hydroxylation is 1. The SMILES string of the molecule is CC(C)c1nc2cc(C(=O)O)ccc2n1-c1ccc2c(n1)CCC(=O)N2. The van der Waals surface area contributed by atoms with Crippen LogP contribution >= 0.6 is 0 Å². The van der Waals surface area contributed by atoms with Gasteiger partial charge in [0.2, 0.25) is 5.91 Å². The van der Waals surface area contributed by atoms with Gasteiger partial charge in [-0.15, -0.1) is 0 Å². The zero-order valence-electron chi connectivity index (χ0n) is 14.5. The predicted molar refractivity (Wildman–Crippen MR) is 96.9 cm³/mol. The van der Waals surface area contributed by atoms with E-state index >= 15 is 0 Å². The van der Waals surface area contributed by atoms with E-state index < -0.39 is 5.97 Å². The topological polar surface area (TPSA) is 97.1 Å². The zero-order valence-corrected chi connectivity index (χ0v) is 14.5. The Bertz CT molecular complexity index is 1050. The van der Waals surface area contributed by atoms with Crippen molar-refractivity contribution in [1.29, 1.82) is 0 Å². The summed E-state index contributed by atoms with van der Waals surface area (Å²) in [6, 6.07) is 8.63. The molecule has 0 radical (unpaired) electrons. The van der Waals surface area contributed by atoms with E-state index in [0.717, 1.165) is 22.7 Å². The molecule has 1 aliphatic heterocycles. The molecule has 0 saturated carbocycles. The van der Waals surface area contributed by atoms with Crippen molar-refractivity contribution < 1.29 is 14.7 Å². The largest absolute Gasteiger partial charge is 0.478 e. The summed E-state index contributed by atoms with van der Waals surface area (Å²) in [5, 5.41) is 12.1. The molecule has 0 bridgehead atoms. The van der Waals surface area contributed by atoms with Crippen molar-refractivity contribution in [1.82, 2.24) is 14.5 Å². The summed E-state index contributed by atoms with van der Waals surface area (Å²) in [6.45, 7) is 4.07. The first-order chi connectivity index (χ1) is 12.4. The summed E-state index contributed by atoms with van der Waals surface area (Å²) >= 11 is 0. The van der Waals surface area contributed by atoms with Gasteiger partial charge in [-0.2, -0.15) is 0 Å². The van der Waals surface area contributed by atoms with Gasteiger partial charge >= 0.3 is 5.97 Å². The molecule has 7 heteroatoms. The van der Waals surface area contributed by atoms with Crippen LogP contribution in [0, 0.1) is 0 Å². The van der Waals surface area contributed by atoms with Gasteiger partial charge in [-0.1, -0.05) is 13.8 Å². The Morgan fingerprint density at radius 3 is 2.73 bits per heavy atom. The number of aromatic carboxylic acids is 1. The van der Waals surface area contributed by atoms with Crippen LogP contribution in [0.1, 0.15) is 48.1 Å². The summed E-state index contributed by atoms with van der Waals surface area (Å²) in [4.78, 5) is 32.2. The second-order valence-electron chi connectivity index (χ2n) is 6.68. The normalized spacial score (nSPS) is 13.7. The van der Waals surface area contributed by atoms with Gasteiger partial charge < -0.3 is 10.4 Å². The van der Waals surface area contributed by atoms with E-state index in [1.807, 2.05) is 30.5 Å². The van der Waals surface area contributed by atoms with Crippen LogP contribution in [0.5, 0.6) is 0 Å². The van der Waals surface area contributed by atoms with E-state index in [2.05, 4.69) is 10.3 Å². The highest BCUT2D eigenvalue weighted by atomic mass is 16.4. The minimum atomic E-state index is -0.977. The number of carboxylic acid groups (broad SMARTS) is 1. The molecule has 0 spiro atoms. The summed E-state index contributed by atoms with van der Waals surface area (Å²) in [6.07, 6.45) is 1.02. The Labute approximate surface area is 149 Å². The molecular formula is C19H18N4O3. The number of hydrogen-bond donors (Lipinski definition) is 2. The highest BCUT2D eigenvalue weighted by Gasteiger charge is 2.20. The van der Waals surface area contributed by atoms with Crippen LogP contribution in [-0.2, 0) is 11.2 Å². The molecule has 3 heterocycles. The maximum Gasteiger partial charge on any atom is 0.335 e. The van der Waals surface area contributed by atoms with E-state index in [1.54, 1.807) is 18.2 Å². The lowest BCUT2D eigenvalue weighted by molar-refractivity contribution is -0.116. The first-order valence-electron chi connectivity index (χ1n) is 8.50. The molecule has 2 aromatic heterocycles. The monoisotopic (exact) mass is 350 g/mol. The molecule has 1 aromatic carbocycles. The van der Waals surface area contributed by atoms with Crippen molar-refractivity contribution in [3.63, 3.8) is 0 Å². The van der Waals surface area contributed by atoms with Crippen molar-refractivity contribution in [2.75, 3.05) is 5.32 Å². The molecule has 1 amide bonds. The lowest BCUT2D eigenvalue weighted by atomic mass is 10.1. The van der Waals surface area contributed by atoms with Gasteiger partial charge in [0.05, 0.1) is 28.0 Å². The molecule has 4 rings (SSSR count). The van der Waals surface area contributed by atoms with Gasteiger partial charge in [0.25, 0.3) is 0 Å². The number of fused-ring (bicyclic) bond motifs is 2. The fraction of sp³-hybridized carbons (Fsp3) is 0.263. The van der Waals surface area contributed by atoms with Crippen LogP contribution in [0.15, 0.2) is 30.3 Å². The fourth-order valence-electron chi connectivity index (χ4n) is 3.22. The van der Waals surface area contributed by atoms with Crippen molar-refractivity contribution in [2.45, 2.75) is 32.6 Å². The molecule has 7 nitrogen and oxygen atoms in total. The number of pyridine rings is 1. The van der Waals surface area contributed by atoms with E-state index in [-0.39, 0.29) is 17.4 Å². The van der Waals surface area contributed by atoms with Crippen LogP contribution in [0.3, 0.4) is 0 Å². The minimum absolute atomic E-state index is 0.00389. The zero-order chi connectivity index (χ0) is 18.4. The molecule has 0 fully saturated rings.